The number of halogens is 1. The minimum absolute atomic E-state index is 0.180. The molecule has 0 saturated carbocycles. The van der Waals surface area contributed by atoms with Crippen molar-refractivity contribution < 1.29 is 9.18 Å². The summed E-state index contributed by atoms with van der Waals surface area (Å²) in [6.07, 6.45) is 0. The number of thioether (sulfide) groups is 1. The van der Waals surface area contributed by atoms with Gasteiger partial charge in [-0.2, -0.15) is 0 Å². The molecule has 1 aliphatic heterocycles. The molecule has 6 heteroatoms. The van der Waals surface area contributed by atoms with E-state index >= 15 is 0 Å². The predicted molar refractivity (Wildman–Crippen MR) is 107 cm³/mol. The Balaban J connectivity index is 1.45. The first-order chi connectivity index (χ1) is 12.6. The topological polar surface area (TPSA) is 53.5 Å². The zero-order chi connectivity index (χ0) is 18.1. The number of amidine groups is 1. The third-order valence-corrected chi connectivity index (χ3v) is 5.02. The van der Waals surface area contributed by atoms with Gasteiger partial charge in [0.1, 0.15) is 5.82 Å². The summed E-state index contributed by atoms with van der Waals surface area (Å²) in [6.45, 7) is 1.68. The minimum Gasteiger partial charge on any atom is -0.334 e. The smallest absolute Gasteiger partial charge is 0.234 e. The fourth-order valence-electron chi connectivity index (χ4n) is 2.84. The fourth-order valence-corrected chi connectivity index (χ4v) is 3.53. The van der Waals surface area contributed by atoms with Gasteiger partial charge in [-0.1, -0.05) is 42.1 Å². The molecule has 0 saturated heterocycles. The molecule has 0 unspecified atom stereocenters. The fraction of sp³-hybridized carbons (Fsp3) is 0.100. The second-order valence-corrected chi connectivity index (χ2v) is 6.99. The van der Waals surface area contributed by atoms with Crippen LogP contribution in [-0.2, 0) is 4.79 Å². The Morgan fingerprint density at radius 3 is 2.81 bits per heavy atom. The Hall–Kier alpha value is -2.86. The Morgan fingerprint density at radius 1 is 1.19 bits per heavy atom. The number of aliphatic imine (C=N–C) groups is 1. The van der Waals surface area contributed by atoms with Crippen LogP contribution in [0.2, 0.25) is 0 Å². The number of benzene rings is 3. The second-order valence-electron chi connectivity index (χ2n) is 6.02. The molecular formula is C20H16FN3OS. The number of aryl methyl sites for hydroxylation is 1. The van der Waals surface area contributed by atoms with E-state index in [1.807, 2.05) is 36.4 Å². The molecule has 0 aliphatic carbocycles. The molecule has 130 valence electrons. The highest BCUT2D eigenvalue weighted by Crippen LogP contribution is 2.36. The standard InChI is InChI=1S/C20H16FN3OS/c1-12-8-9-14(10-15(12)21)22-18(25)11-26-20-23-16-6-2-4-13-5-3-7-17(24-20)19(13)16/h2-10H,11H2,1H3,(H,22,25)(H,23,24). The van der Waals surface area contributed by atoms with E-state index in [-0.39, 0.29) is 17.5 Å². The summed E-state index contributed by atoms with van der Waals surface area (Å²) in [4.78, 5) is 16.7. The van der Waals surface area contributed by atoms with E-state index in [1.54, 1.807) is 19.1 Å². The van der Waals surface area contributed by atoms with Crippen molar-refractivity contribution in [1.82, 2.24) is 0 Å². The number of hydrogen-bond donors (Lipinski definition) is 2. The van der Waals surface area contributed by atoms with Gasteiger partial charge in [0, 0.05) is 11.1 Å². The second kappa shape index (κ2) is 6.80. The van der Waals surface area contributed by atoms with Gasteiger partial charge in [0.05, 0.1) is 17.1 Å². The first-order valence-corrected chi connectivity index (χ1v) is 9.15. The molecule has 0 spiro atoms. The molecule has 1 amide bonds. The van der Waals surface area contributed by atoms with Gasteiger partial charge in [-0.3, -0.25) is 4.79 Å². The molecule has 4 nitrogen and oxygen atoms in total. The highest BCUT2D eigenvalue weighted by Gasteiger charge is 2.15. The van der Waals surface area contributed by atoms with Crippen molar-refractivity contribution in [1.29, 1.82) is 0 Å². The first kappa shape index (κ1) is 16.6. The summed E-state index contributed by atoms with van der Waals surface area (Å²) in [5.41, 5.74) is 2.87. The Bertz CT molecular complexity index is 1040. The molecule has 3 aromatic carbocycles. The lowest BCUT2D eigenvalue weighted by Gasteiger charge is -2.18. The van der Waals surface area contributed by atoms with Crippen molar-refractivity contribution in [3.05, 3.63) is 66.0 Å². The summed E-state index contributed by atoms with van der Waals surface area (Å²) < 4.78 is 13.6. The summed E-state index contributed by atoms with van der Waals surface area (Å²) in [5, 5.41) is 8.85. The molecule has 4 rings (SSSR count). The van der Waals surface area contributed by atoms with Crippen LogP contribution >= 0.6 is 11.8 Å². The van der Waals surface area contributed by atoms with Crippen LogP contribution in [0.15, 0.2) is 59.6 Å². The lowest BCUT2D eigenvalue weighted by Crippen LogP contribution is -2.18. The molecule has 1 aliphatic rings. The Kier molecular flexibility index (Phi) is 4.34. The van der Waals surface area contributed by atoms with Crippen LogP contribution in [-0.4, -0.2) is 16.8 Å². The van der Waals surface area contributed by atoms with Crippen LogP contribution in [0.3, 0.4) is 0 Å². The third-order valence-electron chi connectivity index (χ3n) is 4.14. The number of rotatable bonds is 3. The van der Waals surface area contributed by atoms with Crippen molar-refractivity contribution in [2.45, 2.75) is 6.92 Å². The maximum absolute atomic E-state index is 13.6. The molecule has 0 fully saturated rings. The third kappa shape index (κ3) is 3.28. The van der Waals surface area contributed by atoms with Gasteiger partial charge in [0.15, 0.2) is 5.17 Å². The number of nitrogens with zero attached hydrogens (tertiary/aromatic N) is 1. The SMILES string of the molecule is Cc1ccc(NC(=O)CSC2=Nc3cccc4cccc(c34)N2)cc1F. The monoisotopic (exact) mass is 365 g/mol. The first-order valence-electron chi connectivity index (χ1n) is 8.16. The van der Waals surface area contributed by atoms with Crippen molar-refractivity contribution in [2.75, 3.05) is 16.4 Å². The molecule has 0 bridgehead atoms. The van der Waals surface area contributed by atoms with Crippen molar-refractivity contribution in [3.63, 3.8) is 0 Å². The number of nitrogens with one attached hydrogen (secondary N) is 2. The molecule has 1 heterocycles. The van der Waals surface area contributed by atoms with Crippen LogP contribution < -0.4 is 10.6 Å². The maximum Gasteiger partial charge on any atom is 0.234 e. The van der Waals surface area contributed by atoms with Gasteiger partial charge in [-0.15, -0.1) is 0 Å². The van der Waals surface area contributed by atoms with E-state index in [0.29, 0.717) is 16.4 Å². The van der Waals surface area contributed by atoms with Crippen molar-refractivity contribution >= 4 is 50.7 Å². The molecular weight excluding hydrogens is 349 g/mol. The summed E-state index contributed by atoms with van der Waals surface area (Å²) in [5.74, 6) is -0.363. The Labute approximate surface area is 154 Å². The number of carbonyl (C=O) groups is 1. The van der Waals surface area contributed by atoms with Gasteiger partial charge in [0.2, 0.25) is 5.91 Å². The summed E-state index contributed by atoms with van der Waals surface area (Å²) >= 11 is 1.31. The van der Waals surface area contributed by atoms with Gasteiger partial charge in [-0.05, 0) is 42.1 Å². The molecule has 2 N–H and O–H groups in total. The van der Waals surface area contributed by atoms with Gasteiger partial charge in [0.25, 0.3) is 0 Å². The number of amides is 1. The van der Waals surface area contributed by atoms with Crippen LogP contribution in [0.25, 0.3) is 10.8 Å². The molecule has 3 aromatic rings. The zero-order valence-electron chi connectivity index (χ0n) is 14.0. The van der Waals surface area contributed by atoms with Crippen LogP contribution in [0.5, 0.6) is 0 Å². The van der Waals surface area contributed by atoms with E-state index in [0.717, 1.165) is 22.1 Å². The average molecular weight is 365 g/mol. The number of anilines is 2. The minimum atomic E-state index is -0.335. The van der Waals surface area contributed by atoms with Crippen molar-refractivity contribution in [3.8, 4) is 0 Å². The van der Waals surface area contributed by atoms with Gasteiger partial charge >= 0.3 is 0 Å². The van der Waals surface area contributed by atoms with Gasteiger partial charge < -0.3 is 10.6 Å². The molecule has 0 atom stereocenters. The van der Waals surface area contributed by atoms with E-state index in [4.69, 9.17) is 0 Å². The lowest BCUT2D eigenvalue weighted by molar-refractivity contribution is -0.113. The van der Waals surface area contributed by atoms with E-state index in [1.165, 1.54) is 17.8 Å². The van der Waals surface area contributed by atoms with Crippen LogP contribution in [0.4, 0.5) is 21.5 Å². The number of hydrogen-bond acceptors (Lipinski definition) is 4. The predicted octanol–water partition coefficient (Wildman–Crippen LogP) is 5.07. The lowest BCUT2D eigenvalue weighted by atomic mass is 10.1. The average Bonchev–Trinajstić information content (AvgIpc) is 2.64. The van der Waals surface area contributed by atoms with Crippen molar-refractivity contribution in [2.24, 2.45) is 4.99 Å². The maximum atomic E-state index is 13.6. The quantitative estimate of drug-likeness (QED) is 0.681. The van der Waals surface area contributed by atoms with E-state index < -0.39 is 0 Å². The normalized spacial score (nSPS) is 12.5. The summed E-state index contributed by atoms with van der Waals surface area (Å²) in [6, 6.07) is 16.7. The highest BCUT2D eigenvalue weighted by atomic mass is 32.2. The number of carbonyl (C=O) groups excluding carboxylic acids is 1. The van der Waals surface area contributed by atoms with Crippen LogP contribution in [0.1, 0.15) is 5.56 Å². The Morgan fingerprint density at radius 2 is 2.00 bits per heavy atom. The largest absolute Gasteiger partial charge is 0.334 e. The zero-order valence-corrected chi connectivity index (χ0v) is 14.9. The highest BCUT2D eigenvalue weighted by molar-refractivity contribution is 8.14. The van der Waals surface area contributed by atoms with E-state index in [9.17, 15) is 9.18 Å². The van der Waals surface area contributed by atoms with Gasteiger partial charge in [-0.25, -0.2) is 9.38 Å². The van der Waals surface area contributed by atoms with E-state index in [2.05, 4.69) is 15.6 Å². The summed E-state index contributed by atoms with van der Waals surface area (Å²) in [7, 11) is 0. The molecule has 26 heavy (non-hydrogen) atoms. The molecule has 0 radical (unpaired) electrons. The van der Waals surface area contributed by atoms with Crippen LogP contribution in [0, 0.1) is 12.7 Å². The molecule has 0 aromatic heterocycles.